The number of carbonyl (C=O) groups excluding carboxylic acids is 1. The highest BCUT2D eigenvalue weighted by atomic mass is 79.9. The molecule has 0 saturated heterocycles. The molecule has 0 aliphatic heterocycles. The molecule has 0 aliphatic carbocycles. The maximum Gasteiger partial charge on any atom is 0.255 e. The average molecular weight is 327 g/mol. The van der Waals surface area contributed by atoms with Crippen LogP contribution in [0.25, 0.3) is 0 Å². The van der Waals surface area contributed by atoms with Crippen molar-refractivity contribution in [3.8, 4) is 0 Å². The molecular weight excluding hydrogens is 318 g/mol. The van der Waals surface area contributed by atoms with Crippen LogP contribution in [-0.4, -0.2) is 10.9 Å². The van der Waals surface area contributed by atoms with Gasteiger partial charge in [-0.15, -0.1) is 0 Å². The minimum Gasteiger partial charge on any atom is -0.317 e. The Morgan fingerprint density at radius 1 is 1.26 bits per heavy atom. The molecule has 0 aliphatic rings. The van der Waals surface area contributed by atoms with E-state index in [-0.39, 0.29) is 10.0 Å². The van der Waals surface area contributed by atoms with Crippen molar-refractivity contribution in [2.24, 2.45) is 0 Å². The van der Waals surface area contributed by atoms with E-state index in [0.717, 1.165) is 12.1 Å². The first-order chi connectivity index (χ1) is 8.97. The van der Waals surface area contributed by atoms with E-state index in [9.17, 15) is 13.6 Å². The largest absolute Gasteiger partial charge is 0.317 e. The second-order valence-electron chi connectivity index (χ2n) is 3.88. The lowest BCUT2D eigenvalue weighted by molar-refractivity contribution is 0.102. The van der Waals surface area contributed by atoms with E-state index >= 15 is 0 Å². The van der Waals surface area contributed by atoms with E-state index in [2.05, 4.69) is 26.2 Å². The molecule has 3 nitrogen and oxygen atoms in total. The van der Waals surface area contributed by atoms with Crippen molar-refractivity contribution in [3.05, 3.63) is 57.8 Å². The van der Waals surface area contributed by atoms with Crippen molar-refractivity contribution in [1.82, 2.24) is 4.98 Å². The molecule has 0 fully saturated rings. The van der Waals surface area contributed by atoms with E-state index in [1.54, 1.807) is 6.92 Å². The third kappa shape index (κ3) is 3.14. The zero-order valence-corrected chi connectivity index (χ0v) is 11.5. The third-order valence-corrected chi connectivity index (χ3v) is 2.86. The molecule has 1 aromatic heterocycles. The molecule has 2 rings (SSSR count). The monoisotopic (exact) mass is 326 g/mol. The number of anilines is 1. The molecule has 2 aromatic rings. The Balaban J connectivity index is 2.29. The van der Waals surface area contributed by atoms with Gasteiger partial charge in [-0.3, -0.25) is 9.78 Å². The number of hydrogen-bond donors (Lipinski definition) is 1. The van der Waals surface area contributed by atoms with Gasteiger partial charge in [0.15, 0.2) is 11.6 Å². The first kappa shape index (κ1) is 13.6. The zero-order valence-electron chi connectivity index (χ0n) is 9.88. The first-order valence-corrected chi connectivity index (χ1v) is 6.15. The van der Waals surface area contributed by atoms with E-state index < -0.39 is 23.2 Å². The summed E-state index contributed by atoms with van der Waals surface area (Å²) in [4.78, 5) is 15.8. The van der Waals surface area contributed by atoms with Crippen LogP contribution in [-0.2, 0) is 0 Å². The van der Waals surface area contributed by atoms with Crippen LogP contribution in [0.2, 0.25) is 0 Å². The van der Waals surface area contributed by atoms with Crippen molar-refractivity contribution < 1.29 is 13.6 Å². The number of hydrogen-bond acceptors (Lipinski definition) is 2. The molecule has 98 valence electrons. The highest BCUT2D eigenvalue weighted by Gasteiger charge is 2.14. The summed E-state index contributed by atoms with van der Waals surface area (Å²) in [6, 6.07) is 5.16. The van der Waals surface area contributed by atoms with Gasteiger partial charge in [0.1, 0.15) is 5.69 Å². The fraction of sp³-hybridized carbons (Fsp3) is 0.0769. The third-order valence-electron chi connectivity index (χ3n) is 2.40. The predicted molar refractivity (Wildman–Crippen MR) is 71.0 cm³/mol. The number of pyridine rings is 1. The quantitative estimate of drug-likeness (QED) is 0.914. The average Bonchev–Trinajstić information content (AvgIpc) is 2.33. The van der Waals surface area contributed by atoms with Crippen LogP contribution in [0.1, 0.15) is 16.1 Å². The highest BCUT2D eigenvalue weighted by molar-refractivity contribution is 9.10. The van der Waals surface area contributed by atoms with Gasteiger partial charge in [-0.2, -0.15) is 0 Å². The fourth-order valence-corrected chi connectivity index (χ4v) is 1.94. The van der Waals surface area contributed by atoms with Gasteiger partial charge in [-0.1, -0.05) is 15.9 Å². The van der Waals surface area contributed by atoms with Crippen LogP contribution in [0.4, 0.5) is 14.5 Å². The Morgan fingerprint density at radius 3 is 2.47 bits per heavy atom. The molecule has 0 bridgehead atoms. The molecule has 0 atom stereocenters. The summed E-state index contributed by atoms with van der Waals surface area (Å²) in [5.74, 6) is -2.28. The van der Waals surface area contributed by atoms with Crippen molar-refractivity contribution >= 4 is 27.5 Å². The maximum atomic E-state index is 13.6. The molecule has 1 N–H and O–H groups in total. The van der Waals surface area contributed by atoms with Crippen LogP contribution in [0.3, 0.4) is 0 Å². The van der Waals surface area contributed by atoms with Gasteiger partial charge < -0.3 is 5.32 Å². The Hall–Kier alpha value is -1.82. The van der Waals surface area contributed by atoms with Gasteiger partial charge in [0.2, 0.25) is 0 Å². The summed E-state index contributed by atoms with van der Waals surface area (Å²) < 4.78 is 27.4. The first-order valence-electron chi connectivity index (χ1n) is 5.36. The second-order valence-corrected chi connectivity index (χ2v) is 4.80. The van der Waals surface area contributed by atoms with Crippen LogP contribution in [0, 0.1) is 18.6 Å². The van der Waals surface area contributed by atoms with Crippen LogP contribution < -0.4 is 5.32 Å². The number of nitrogens with one attached hydrogen (secondary N) is 1. The van der Waals surface area contributed by atoms with E-state index in [4.69, 9.17) is 0 Å². The number of benzene rings is 1. The molecule has 6 heteroatoms. The number of halogens is 3. The standard InChI is InChI=1S/C13H9BrF2N2O/c1-7-4-8(2-3-17-7)13(19)18-12-10(15)5-9(14)6-11(12)16/h2-6H,1H3,(H,18,19). The molecule has 1 heterocycles. The highest BCUT2D eigenvalue weighted by Crippen LogP contribution is 2.24. The summed E-state index contributed by atoms with van der Waals surface area (Å²) >= 11 is 2.97. The molecule has 0 radical (unpaired) electrons. The SMILES string of the molecule is Cc1cc(C(=O)Nc2c(F)cc(Br)cc2F)ccn1. The smallest absolute Gasteiger partial charge is 0.255 e. The lowest BCUT2D eigenvalue weighted by Crippen LogP contribution is -2.14. The van der Waals surface area contributed by atoms with Gasteiger partial charge in [-0.05, 0) is 31.2 Å². The molecule has 0 spiro atoms. The maximum absolute atomic E-state index is 13.6. The van der Waals surface area contributed by atoms with Gasteiger partial charge in [0.05, 0.1) is 0 Å². The summed E-state index contributed by atoms with van der Waals surface area (Å²) in [5, 5.41) is 2.21. The van der Waals surface area contributed by atoms with Crippen LogP contribution >= 0.6 is 15.9 Å². The van der Waals surface area contributed by atoms with Crippen LogP contribution in [0.15, 0.2) is 34.9 Å². The molecule has 0 saturated carbocycles. The van der Waals surface area contributed by atoms with E-state index in [1.807, 2.05) is 0 Å². The fourth-order valence-electron chi connectivity index (χ4n) is 1.53. The van der Waals surface area contributed by atoms with E-state index in [0.29, 0.717) is 5.69 Å². The van der Waals surface area contributed by atoms with Crippen molar-refractivity contribution in [2.45, 2.75) is 6.92 Å². The number of amides is 1. The summed E-state index contributed by atoms with van der Waals surface area (Å²) in [5.41, 5.74) is 0.460. The Bertz CT molecular complexity index is 623. The summed E-state index contributed by atoms with van der Waals surface area (Å²) in [6.45, 7) is 1.72. The zero-order chi connectivity index (χ0) is 14.0. The number of rotatable bonds is 2. The predicted octanol–water partition coefficient (Wildman–Crippen LogP) is 3.68. The molecular formula is C13H9BrF2N2O. The van der Waals surface area contributed by atoms with Gasteiger partial charge in [-0.25, -0.2) is 8.78 Å². The molecule has 19 heavy (non-hydrogen) atoms. The van der Waals surface area contributed by atoms with Gasteiger partial charge in [0.25, 0.3) is 5.91 Å². The topological polar surface area (TPSA) is 42.0 Å². The van der Waals surface area contributed by atoms with Gasteiger partial charge in [0, 0.05) is 21.9 Å². The van der Waals surface area contributed by atoms with Crippen molar-refractivity contribution in [2.75, 3.05) is 5.32 Å². The normalized spacial score (nSPS) is 10.3. The van der Waals surface area contributed by atoms with Crippen molar-refractivity contribution in [1.29, 1.82) is 0 Å². The Kier molecular flexibility index (Phi) is 3.90. The Labute approximate surface area is 116 Å². The van der Waals surface area contributed by atoms with E-state index in [1.165, 1.54) is 18.3 Å². The number of aromatic nitrogens is 1. The molecule has 1 amide bonds. The minimum absolute atomic E-state index is 0.264. The molecule has 0 unspecified atom stereocenters. The second kappa shape index (κ2) is 5.44. The number of nitrogens with zero attached hydrogens (tertiary/aromatic N) is 1. The number of aryl methyl sites for hydroxylation is 1. The van der Waals surface area contributed by atoms with Gasteiger partial charge >= 0.3 is 0 Å². The lowest BCUT2D eigenvalue weighted by atomic mass is 10.2. The van der Waals surface area contributed by atoms with Crippen LogP contribution in [0.5, 0.6) is 0 Å². The number of carbonyl (C=O) groups is 1. The summed E-state index contributed by atoms with van der Waals surface area (Å²) in [6.07, 6.45) is 1.46. The minimum atomic E-state index is -0.842. The molecule has 1 aromatic carbocycles. The lowest BCUT2D eigenvalue weighted by Gasteiger charge is -2.08. The summed E-state index contributed by atoms with van der Waals surface area (Å²) in [7, 11) is 0. The van der Waals surface area contributed by atoms with Crippen molar-refractivity contribution in [3.63, 3.8) is 0 Å². The Morgan fingerprint density at radius 2 is 1.89 bits per heavy atom.